The first-order valence-electron chi connectivity index (χ1n) is 6.47. The van der Waals surface area contributed by atoms with Gasteiger partial charge in [0.15, 0.2) is 0 Å². The molecule has 0 radical (unpaired) electrons. The topological polar surface area (TPSA) is 12.0 Å². The van der Waals surface area contributed by atoms with E-state index < -0.39 is 0 Å². The maximum Gasteiger partial charge on any atom is 0.0417 e. The fraction of sp³-hybridized carbons (Fsp3) is 0.250. The van der Waals surface area contributed by atoms with Gasteiger partial charge in [0.25, 0.3) is 0 Å². The highest BCUT2D eigenvalue weighted by Gasteiger charge is 2.08. The first-order chi connectivity index (χ1) is 9.67. The van der Waals surface area contributed by atoms with Crippen molar-refractivity contribution in [3.63, 3.8) is 0 Å². The smallest absolute Gasteiger partial charge is 0.0417 e. The Morgan fingerprint density at radius 2 is 1.75 bits per heavy atom. The minimum Gasteiger partial charge on any atom is -0.316 e. The number of rotatable bonds is 6. The van der Waals surface area contributed by atoms with Crippen LogP contribution in [0.2, 0.25) is 10.0 Å². The highest BCUT2D eigenvalue weighted by molar-refractivity contribution is 7.99. The van der Waals surface area contributed by atoms with E-state index in [0.717, 1.165) is 22.2 Å². The molecule has 0 aliphatic carbocycles. The zero-order valence-electron chi connectivity index (χ0n) is 11.3. The Balaban J connectivity index is 1.92. The van der Waals surface area contributed by atoms with Gasteiger partial charge in [-0.05, 0) is 49.4 Å². The van der Waals surface area contributed by atoms with Gasteiger partial charge in [0, 0.05) is 26.7 Å². The van der Waals surface area contributed by atoms with E-state index in [-0.39, 0.29) is 0 Å². The van der Waals surface area contributed by atoms with E-state index in [1.54, 1.807) is 0 Å². The summed E-state index contributed by atoms with van der Waals surface area (Å²) in [5.74, 6) is 0.989. The van der Waals surface area contributed by atoms with Gasteiger partial charge in [-0.15, -0.1) is 11.8 Å². The Morgan fingerprint density at radius 3 is 2.40 bits per heavy atom. The van der Waals surface area contributed by atoms with Crippen LogP contribution < -0.4 is 5.32 Å². The van der Waals surface area contributed by atoms with Crippen LogP contribution in [-0.4, -0.2) is 18.8 Å². The fourth-order valence-corrected chi connectivity index (χ4v) is 3.48. The standard InChI is InChI=1S/C16H17Cl2NS/c1-19-15(9-12-4-2-5-13(17)8-12)11-20-16-7-3-6-14(18)10-16/h2-8,10,15,19H,9,11H2,1H3. The van der Waals surface area contributed by atoms with Crippen LogP contribution in [0.25, 0.3) is 0 Å². The molecular weight excluding hydrogens is 309 g/mol. The van der Waals surface area contributed by atoms with E-state index in [0.29, 0.717) is 6.04 Å². The molecule has 1 unspecified atom stereocenters. The highest BCUT2D eigenvalue weighted by atomic mass is 35.5. The molecule has 0 amide bonds. The van der Waals surface area contributed by atoms with Crippen LogP contribution in [-0.2, 0) is 6.42 Å². The number of benzene rings is 2. The SMILES string of the molecule is CNC(CSc1cccc(Cl)c1)Cc1cccc(Cl)c1. The molecular formula is C16H17Cl2NS. The average molecular weight is 326 g/mol. The van der Waals surface area contributed by atoms with Gasteiger partial charge in [0.2, 0.25) is 0 Å². The summed E-state index contributed by atoms with van der Waals surface area (Å²) in [5.41, 5.74) is 1.25. The lowest BCUT2D eigenvalue weighted by Crippen LogP contribution is -2.30. The maximum atomic E-state index is 6.02. The summed E-state index contributed by atoms with van der Waals surface area (Å²) >= 11 is 13.8. The second-order valence-corrected chi connectivity index (χ2v) is 6.55. The third-order valence-corrected chi connectivity index (χ3v) is 4.65. The van der Waals surface area contributed by atoms with Crippen molar-refractivity contribution in [1.82, 2.24) is 5.32 Å². The zero-order valence-corrected chi connectivity index (χ0v) is 13.6. The van der Waals surface area contributed by atoms with E-state index in [1.165, 1.54) is 10.5 Å². The third-order valence-electron chi connectivity index (χ3n) is 3.03. The Bertz CT molecular complexity index is 560. The number of hydrogen-bond acceptors (Lipinski definition) is 2. The molecule has 0 aliphatic heterocycles. The third kappa shape index (κ3) is 5.02. The first kappa shape index (κ1) is 15.7. The summed E-state index contributed by atoms with van der Waals surface area (Å²) < 4.78 is 0. The largest absolute Gasteiger partial charge is 0.316 e. The zero-order chi connectivity index (χ0) is 14.4. The predicted molar refractivity (Wildman–Crippen MR) is 90.2 cm³/mol. The maximum absolute atomic E-state index is 6.02. The molecule has 2 rings (SSSR count). The summed E-state index contributed by atoms with van der Waals surface area (Å²) in [6.45, 7) is 0. The van der Waals surface area contributed by atoms with Crippen LogP contribution in [0.4, 0.5) is 0 Å². The van der Waals surface area contributed by atoms with Gasteiger partial charge in [-0.1, -0.05) is 41.4 Å². The van der Waals surface area contributed by atoms with Crippen molar-refractivity contribution < 1.29 is 0 Å². The van der Waals surface area contributed by atoms with Crippen LogP contribution in [0.5, 0.6) is 0 Å². The van der Waals surface area contributed by atoms with Crippen molar-refractivity contribution in [2.24, 2.45) is 0 Å². The molecule has 1 nitrogen and oxygen atoms in total. The fourth-order valence-electron chi connectivity index (χ4n) is 1.95. The summed E-state index contributed by atoms with van der Waals surface area (Å²) in [6, 6.07) is 16.4. The number of nitrogens with one attached hydrogen (secondary N) is 1. The lowest BCUT2D eigenvalue weighted by Gasteiger charge is -2.16. The van der Waals surface area contributed by atoms with Crippen LogP contribution in [0, 0.1) is 0 Å². The Morgan fingerprint density at radius 1 is 1.05 bits per heavy atom. The molecule has 0 fully saturated rings. The van der Waals surface area contributed by atoms with Crippen molar-refractivity contribution in [3.8, 4) is 0 Å². The Labute approximate surface area is 134 Å². The molecule has 4 heteroatoms. The van der Waals surface area contributed by atoms with Gasteiger partial charge >= 0.3 is 0 Å². The molecule has 1 N–H and O–H groups in total. The van der Waals surface area contributed by atoms with Gasteiger partial charge < -0.3 is 5.32 Å². The lowest BCUT2D eigenvalue weighted by atomic mass is 10.1. The average Bonchev–Trinajstić information content (AvgIpc) is 2.43. The van der Waals surface area contributed by atoms with Crippen molar-refractivity contribution in [2.75, 3.05) is 12.8 Å². The van der Waals surface area contributed by atoms with Gasteiger partial charge in [-0.2, -0.15) is 0 Å². The van der Waals surface area contributed by atoms with E-state index in [1.807, 2.05) is 55.2 Å². The summed E-state index contributed by atoms with van der Waals surface area (Å²) in [4.78, 5) is 1.20. The highest BCUT2D eigenvalue weighted by Crippen LogP contribution is 2.23. The quantitative estimate of drug-likeness (QED) is 0.757. The number of likely N-dealkylation sites (N-methyl/N-ethyl adjacent to an activating group) is 1. The normalized spacial score (nSPS) is 12.3. The summed E-state index contributed by atoms with van der Waals surface area (Å²) in [7, 11) is 1.99. The minimum absolute atomic E-state index is 0.400. The van der Waals surface area contributed by atoms with Crippen LogP contribution >= 0.6 is 35.0 Å². The molecule has 0 aliphatic rings. The molecule has 0 heterocycles. The lowest BCUT2D eigenvalue weighted by molar-refractivity contribution is 0.617. The molecule has 0 saturated heterocycles. The van der Waals surface area contributed by atoms with Gasteiger partial charge in [0.1, 0.15) is 0 Å². The molecule has 2 aromatic rings. The second-order valence-electron chi connectivity index (χ2n) is 4.59. The summed E-state index contributed by atoms with van der Waals surface area (Å²) in [5, 5.41) is 4.93. The Hall–Kier alpha value is -0.670. The Kier molecular flexibility index (Phi) is 6.24. The molecule has 0 aromatic heterocycles. The molecule has 0 spiro atoms. The molecule has 2 aromatic carbocycles. The number of thioether (sulfide) groups is 1. The molecule has 20 heavy (non-hydrogen) atoms. The number of hydrogen-bond donors (Lipinski definition) is 1. The first-order valence-corrected chi connectivity index (χ1v) is 8.21. The number of halogens is 2. The van der Waals surface area contributed by atoms with Gasteiger partial charge in [-0.25, -0.2) is 0 Å². The second kappa shape index (κ2) is 7.94. The van der Waals surface area contributed by atoms with E-state index >= 15 is 0 Å². The molecule has 0 bridgehead atoms. The van der Waals surface area contributed by atoms with Crippen molar-refractivity contribution in [2.45, 2.75) is 17.4 Å². The molecule has 106 valence electrons. The molecule has 1 atom stereocenters. The van der Waals surface area contributed by atoms with Gasteiger partial charge in [0.05, 0.1) is 0 Å². The molecule has 0 saturated carbocycles. The van der Waals surface area contributed by atoms with Crippen molar-refractivity contribution >= 4 is 35.0 Å². The monoisotopic (exact) mass is 325 g/mol. The summed E-state index contributed by atoms with van der Waals surface area (Å²) in [6.07, 6.45) is 0.963. The van der Waals surface area contributed by atoms with Gasteiger partial charge in [-0.3, -0.25) is 0 Å². The van der Waals surface area contributed by atoms with E-state index in [4.69, 9.17) is 23.2 Å². The predicted octanol–water partition coefficient (Wildman–Crippen LogP) is 4.92. The van der Waals surface area contributed by atoms with Crippen LogP contribution in [0.15, 0.2) is 53.4 Å². The van der Waals surface area contributed by atoms with Crippen LogP contribution in [0.1, 0.15) is 5.56 Å². The minimum atomic E-state index is 0.400. The van der Waals surface area contributed by atoms with Crippen molar-refractivity contribution in [3.05, 3.63) is 64.1 Å². The van der Waals surface area contributed by atoms with Crippen molar-refractivity contribution in [1.29, 1.82) is 0 Å². The van der Waals surface area contributed by atoms with E-state index in [2.05, 4.69) is 17.4 Å². The van der Waals surface area contributed by atoms with E-state index in [9.17, 15) is 0 Å². The van der Waals surface area contributed by atoms with Crippen LogP contribution in [0.3, 0.4) is 0 Å².